The number of sulfone groups is 1. The zero-order chi connectivity index (χ0) is 25.5. The molecule has 4 aromatic heterocycles. The highest BCUT2D eigenvalue weighted by molar-refractivity contribution is 7.91. The number of fused-ring (bicyclic) bond motifs is 2. The van der Waals surface area contributed by atoms with E-state index in [2.05, 4.69) is 16.2 Å². The Morgan fingerprint density at radius 1 is 1.20 bits per heavy atom. The third kappa shape index (κ3) is 3.27. The van der Waals surface area contributed by atoms with Crippen LogP contribution >= 0.6 is 0 Å². The van der Waals surface area contributed by atoms with E-state index in [0.29, 0.717) is 23.0 Å². The van der Waals surface area contributed by atoms with E-state index in [1.54, 1.807) is 18.3 Å². The molecule has 0 bridgehead atoms. The SMILES string of the molecule is CCS(=O)(=O)c1c(-c2nc3cc(C(F)(F)F)n(C)c(=O)c3n2C)nn2cc(C3(C#N)CC3)ccc12. The summed E-state index contributed by atoms with van der Waals surface area (Å²) in [5, 5.41) is 14.0. The molecular formula is C22H19F3N6O3S. The summed E-state index contributed by atoms with van der Waals surface area (Å²) < 4.78 is 69.6. The summed E-state index contributed by atoms with van der Waals surface area (Å²) in [6.07, 6.45) is -1.83. The lowest BCUT2D eigenvalue weighted by Gasteiger charge is -2.11. The van der Waals surface area contributed by atoms with Crippen LogP contribution in [-0.4, -0.2) is 37.9 Å². The Labute approximate surface area is 196 Å². The minimum atomic E-state index is -4.78. The average molecular weight is 504 g/mol. The van der Waals surface area contributed by atoms with E-state index in [-0.39, 0.29) is 38.7 Å². The summed E-state index contributed by atoms with van der Waals surface area (Å²) in [5.74, 6) is -0.315. The van der Waals surface area contributed by atoms with Crippen LogP contribution in [0.15, 0.2) is 34.1 Å². The third-order valence-electron chi connectivity index (χ3n) is 6.56. The van der Waals surface area contributed by atoms with Gasteiger partial charge in [-0.15, -0.1) is 0 Å². The maximum absolute atomic E-state index is 13.4. The van der Waals surface area contributed by atoms with Crippen LogP contribution in [0.4, 0.5) is 13.2 Å². The summed E-state index contributed by atoms with van der Waals surface area (Å²) in [6.45, 7) is 1.46. The Morgan fingerprint density at radius 2 is 1.89 bits per heavy atom. The number of pyridine rings is 2. The number of rotatable bonds is 4. The topological polar surface area (TPSA) is 115 Å². The van der Waals surface area contributed by atoms with E-state index in [4.69, 9.17) is 0 Å². The molecule has 1 fully saturated rings. The molecule has 4 heterocycles. The first-order valence-corrected chi connectivity index (χ1v) is 12.3. The molecule has 0 saturated heterocycles. The van der Waals surface area contributed by atoms with Crippen LogP contribution in [0.25, 0.3) is 28.1 Å². The Bertz CT molecular complexity index is 1750. The van der Waals surface area contributed by atoms with Gasteiger partial charge in [-0.1, -0.05) is 13.0 Å². The predicted octanol–water partition coefficient (Wildman–Crippen LogP) is 2.95. The van der Waals surface area contributed by atoms with Crippen molar-refractivity contribution in [1.82, 2.24) is 23.7 Å². The number of nitriles is 1. The van der Waals surface area contributed by atoms with Crippen molar-refractivity contribution < 1.29 is 21.6 Å². The fraction of sp³-hybridized carbons (Fsp3) is 0.364. The Balaban J connectivity index is 1.84. The summed E-state index contributed by atoms with van der Waals surface area (Å²) in [6, 6.07) is 6.29. The second-order valence-corrected chi connectivity index (χ2v) is 10.9. The van der Waals surface area contributed by atoms with Gasteiger partial charge in [0.2, 0.25) is 0 Å². The molecule has 1 aliphatic rings. The molecule has 0 amide bonds. The van der Waals surface area contributed by atoms with Crippen molar-refractivity contribution in [2.24, 2.45) is 14.1 Å². The lowest BCUT2D eigenvalue weighted by molar-refractivity contribution is -0.143. The molecule has 182 valence electrons. The van der Waals surface area contributed by atoms with Crippen molar-refractivity contribution in [2.75, 3.05) is 5.75 Å². The fourth-order valence-electron chi connectivity index (χ4n) is 4.35. The van der Waals surface area contributed by atoms with E-state index < -0.39 is 32.7 Å². The van der Waals surface area contributed by atoms with Crippen LogP contribution in [0, 0.1) is 11.3 Å². The number of aromatic nitrogens is 5. The lowest BCUT2D eigenvalue weighted by Crippen LogP contribution is -2.26. The van der Waals surface area contributed by atoms with Crippen molar-refractivity contribution >= 4 is 26.4 Å². The molecule has 0 unspecified atom stereocenters. The van der Waals surface area contributed by atoms with Gasteiger partial charge in [-0.2, -0.15) is 23.5 Å². The minimum absolute atomic E-state index is 0.0601. The molecule has 1 saturated carbocycles. The molecule has 35 heavy (non-hydrogen) atoms. The van der Waals surface area contributed by atoms with Crippen molar-refractivity contribution in [3.05, 3.63) is 46.0 Å². The third-order valence-corrected chi connectivity index (χ3v) is 8.34. The number of halogens is 3. The molecule has 1 aliphatic carbocycles. The quantitative estimate of drug-likeness (QED) is 0.422. The van der Waals surface area contributed by atoms with Crippen LogP contribution in [-0.2, 0) is 35.5 Å². The van der Waals surface area contributed by atoms with Gasteiger partial charge in [-0.05, 0) is 30.5 Å². The van der Waals surface area contributed by atoms with Crippen molar-refractivity contribution in [1.29, 1.82) is 5.26 Å². The molecular weight excluding hydrogens is 485 g/mol. The first-order valence-electron chi connectivity index (χ1n) is 10.7. The van der Waals surface area contributed by atoms with Gasteiger partial charge in [-0.3, -0.25) is 4.79 Å². The summed E-state index contributed by atoms with van der Waals surface area (Å²) in [7, 11) is -1.43. The molecule has 13 heteroatoms. The Hall–Kier alpha value is -3.66. The van der Waals surface area contributed by atoms with Gasteiger partial charge >= 0.3 is 6.18 Å². The van der Waals surface area contributed by atoms with Gasteiger partial charge < -0.3 is 9.13 Å². The molecule has 4 aromatic rings. The maximum Gasteiger partial charge on any atom is 0.431 e. The minimum Gasteiger partial charge on any atom is -0.321 e. The standard InChI is InChI=1S/C22H19F3N6O3S/c1-4-35(33,34)18-14-6-5-12(21(11-26)7-8-21)10-31(14)28-16(18)19-27-13-9-15(22(23,24)25)29(2)20(32)17(13)30(19)3/h5-6,9-10H,4,7-8H2,1-3H3. The highest BCUT2D eigenvalue weighted by atomic mass is 32.2. The van der Waals surface area contributed by atoms with Crippen LogP contribution < -0.4 is 5.56 Å². The first-order chi connectivity index (χ1) is 16.3. The van der Waals surface area contributed by atoms with Crippen molar-refractivity contribution in [3.8, 4) is 17.6 Å². The zero-order valence-corrected chi connectivity index (χ0v) is 19.7. The number of aryl methyl sites for hydroxylation is 1. The molecule has 5 rings (SSSR count). The summed E-state index contributed by atoms with van der Waals surface area (Å²) >= 11 is 0. The lowest BCUT2D eigenvalue weighted by atomic mass is 10.00. The Kier molecular flexibility index (Phi) is 4.73. The number of hydrogen-bond donors (Lipinski definition) is 0. The summed E-state index contributed by atoms with van der Waals surface area (Å²) in [5.41, 5.74) is -2.22. The molecule has 0 aliphatic heterocycles. The second-order valence-electron chi connectivity index (χ2n) is 8.64. The van der Waals surface area contributed by atoms with Gasteiger partial charge in [0.15, 0.2) is 15.7 Å². The number of alkyl halides is 3. The van der Waals surface area contributed by atoms with Gasteiger partial charge in [0.05, 0.1) is 28.3 Å². The van der Waals surface area contributed by atoms with Gasteiger partial charge in [-0.25, -0.2) is 17.9 Å². The molecule has 0 N–H and O–H groups in total. The monoisotopic (exact) mass is 504 g/mol. The Morgan fingerprint density at radius 3 is 2.46 bits per heavy atom. The number of nitrogens with zero attached hydrogens (tertiary/aromatic N) is 6. The molecule has 0 spiro atoms. The van der Waals surface area contributed by atoms with Gasteiger partial charge in [0.1, 0.15) is 21.8 Å². The normalized spacial score (nSPS) is 15.6. The van der Waals surface area contributed by atoms with Gasteiger partial charge in [0, 0.05) is 20.3 Å². The summed E-state index contributed by atoms with van der Waals surface area (Å²) in [4.78, 5) is 16.9. The van der Waals surface area contributed by atoms with Crippen LogP contribution in [0.3, 0.4) is 0 Å². The fourth-order valence-corrected chi connectivity index (χ4v) is 5.54. The van der Waals surface area contributed by atoms with E-state index in [0.717, 1.165) is 13.1 Å². The predicted molar refractivity (Wildman–Crippen MR) is 119 cm³/mol. The van der Waals surface area contributed by atoms with E-state index in [1.165, 1.54) is 23.1 Å². The smallest absolute Gasteiger partial charge is 0.321 e. The molecule has 0 atom stereocenters. The second kappa shape index (κ2) is 7.17. The average Bonchev–Trinajstić information content (AvgIpc) is 3.40. The maximum atomic E-state index is 13.4. The number of imidazole rings is 1. The van der Waals surface area contributed by atoms with E-state index >= 15 is 0 Å². The largest absolute Gasteiger partial charge is 0.431 e. The van der Waals surface area contributed by atoms with Crippen LogP contribution in [0.1, 0.15) is 31.0 Å². The highest BCUT2D eigenvalue weighted by Gasteiger charge is 2.45. The van der Waals surface area contributed by atoms with Crippen LogP contribution in [0.2, 0.25) is 0 Å². The van der Waals surface area contributed by atoms with Crippen molar-refractivity contribution in [3.63, 3.8) is 0 Å². The van der Waals surface area contributed by atoms with Gasteiger partial charge in [0.25, 0.3) is 5.56 Å². The molecule has 0 radical (unpaired) electrons. The first kappa shape index (κ1) is 23.1. The molecule has 9 nitrogen and oxygen atoms in total. The van der Waals surface area contributed by atoms with E-state index in [9.17, 15) is 31.6 Å². The number of hydrogen-bond acceptors (Lipinski definition) is 6. The van der Waals surface area contributed by atoms with E-state index in [1.807, 2.05) is 0 Å². The molecule has 0 aromatic carbocycles. The van der Waals surface area contributed by atoms with Crippen molar-refractivity contribution in [2.45, 2.75) is 36.3 Å². The van der Waals surface area contributed by atoms with Crippen LogP contribution in [0.5, 0.6) is 0 Å². The highest BCUT2D eigenvalue weighted by Crippen LogP contribution is 2.47. The zero-order valence-electron chi connectivity index (χ0n) is 18.9.